The number of rotatable bonds is 6. The Morgan fingerprint density at radius 3 is 2.32 bits per heavy atom. The molecule has 0 heterocycles. The Bertz CT molecular complexity index is 741. The van der Waals surface area contributed by atoms with Crippen molar-refractivity contribution in [2.24, 2.45) is 5.92 Å². The molecule has 5 heteroatoms. The van der Waals surface area contributed by atoms with Crippen LogP contribution < -0.4 is 5.32 Å². The van der Waals surface area contributed by atoms with Crippen molar-refractivity contribution in [1.82, 2.24) is 5.32 Å². The zero-order valence-electron chi connectivity index (χ0n) is 14.6. The number of ether oxygens (including phenoxy) is 1. The predicted molar refractivity (Wildman–Crippen MR) is 98.5 cm³/mol. The minimum absolute atomic E-state index is 0.0920. The topological polar surface area (TPSA) is 55.4 Å². The molecule has 4 nitrogen and oxygen atoms in total. The number of hydrogen-bond donors (Lipinski definition) is 1. The number of carbonyl (C=O) groups excluding carboxylic acids is 2. The molecular weight excluding hydrogens is 338 g/mol. The first-order chi connectivity index (χ1) is 11.9. The number of amides is 1. The van der Waals surface area contributed by atoms with E-state index in [4.69, 9.17) is 16.3 Å². The Morgan fingerprint density at radius 1 is 1.08 bits per heavy atom. The molecule has 2 rings (SSSR count). The van der Waals surface area contributed by atoms with Gasteiger partial charge in [-0.3, -0.25) is 4.79 Å². The van der Waals surface area contributed by atoms with Crippen LogP contribution in [0.2, 0.25) is 5.02 Å². The average molecular weight is 360 g/mol. The third kappa shape index (κ3) is 5.33. The van der Waals surface area contributed by atoms with Crippen LogP contribution in [0, 0.1) is 12.8 Å². The van der Waals surface area contributed by atoms with Crippen LogP contribution in [0.25, 0.3) is 0 Å². The fraction of sp³-hybridized carbons (Fsp3) is 0.300. The maximum absolute atomic E-state index is 12.5. The van der Waals surface area contributed by atoms with E-state index in [0.29, 0.717) is 10.6 Å². The average Bonchev–Trinajstić information content (AvgIpc) is 2.58. The lowest BCUT2D eigenvalue weighted by Crippen LogP contribution is -2.45. The molecule has 0 saturated heterocycles. The van der Waals surface area contributed by atoms with E-state index in [9.17, 15) is 9.59 Å². The molecule has 1 amide bonds. The van der Waals surface area contributed by atoms with Crippen molar-refractivity contribution < 1.29 is 14.3 Å². The highest BCUT2D eigenvalue weighted by Crippen LogP contribution is 2.13. The second kappa shape index (κ2) is 8.67. The van der Waals surface area contributed by atoms with Crippen molar-refractivity contribution >= 4 is 23.5 Å². The van der Waals surface area contributed by atoms with Crippen LogP contribution in [0.15, 0.2) is 48.5 Å². The van der Waals surface area contributed by atoms with Crippen molar-refractivity contribution in [3.8, 4) is 0 Å². The molecule has 0 radical (unpaired) electrons. The SMILES string of the molecule is Cc1ccccc1C(=O)NC(C(=O)OCc1ccc(Cl)cc1)C(C)C. The quantitative estimate of drug-likeness (QED) is 0.788. The first kappa shape index (κ1) is 19.0. The number of nitrogens with one attached hydrogen (secondary N) is 1. The van der Waals surface area contributed by atoms with E-state index >= 15 is 0 Å². The lowest BCUT2D eigenvalue weighted by Gasteiger charge is -2.21. The van der Waals surface area contributed by atoms with E-state index in [1.54, 1.807) is 36.4 Å². The summed E-state index contributed by atoms with van der Waals surface area (Å²) in [5.41, 5.74) is 2.25. The Kier molecular flexibility index (Phi) is 6.59. The Hall–Kier alpha value is -2.33. The summed E-state index contributed by atoms with van der Waals surface area (Å²) >= 11 is 5.84. The van der Waals surface area contributed by atoms with Gasteiger partial charge in [0, 0.05) is 10.6 Å². The zero-order valence-corrected chi connectivity index (χ0v) is 15.3. The van der Waals surface area contributed by atoms with Crippen LogP contribution in [0.1, 0.15) is 35.3 Å². The Morgan fingerprint density at radius 2 is 1.72 bits per heavy atom. The number of hydrogen-bond acceptors (Lipinski definition) is 3. The van der Waals surface area contributed by atoms with Gasteiger partial charge in [0.15, 0.2) is 0 Å². The highest BCUT2D eigenvalue weighted by molar-refractivity contribution is 6.30. The van der Waals surface area contributed by atoms with Gasteiger partial charge in [-0.15, -0.1) is 0 Å². The Balaban J connectivity index is 2.01. The van der Waals surface area contributed by atoms with Gasteiger partial charge in [0.05, 0.1) is 0 Å². The molecule has 0 aliphatic carbocycles. The van der Waals surface area contributed by atoms with Crippen LogP contribution in [0.3, 0.4) is 0 Å². The molecule has 1 N–H and O–H groups in total. The number of benzene rings is 2. The smallest absolute Gasteiger partial charge is 0.329 e. The summed E-state index contributed by atoms with van der Waals surface area (Å²) < 4.78 is 5.36. The molecule has 0 bridgehead atoms. The molecule has 1 unspecified atom stereocenters. The molecule has 0 fully saturated rings. The highest BCUT2D eigenvalue weighted by Gasteiger charge is 2.26. The standard InChI is InChI=1S/C20H22ClNO3/c1-13(2)18(22-19(23)17-7-5-4-6-14(17)3)20(24)25-12-15-8-10-16(21)11-9-15/h4-11,13,18H,12H2,1-3H3,(H,22,23). The van der Waals surface area contributed by atoms with Crippen LogP contribution in [0.4, 0.5) is 0 Å². The predicted octanol–water partition coefficient (Wildman–Crippen LogP) is 4.15. The van der Waals surface area contributed by atoms with Gasteiger partial charge in [-0.25, -0.2) is 4.79 Å². The maximum atomic E-state index is 12.5. The van der Waals surface area contributed by atoms with E-state index in [1.807, 2.05) is 32.9 Å². The summed E-state index contributed by atoms with van der Waals surface area (Å²) in [5.74, 6) is -0.821. The minimum atomic E-state index is -0.709. The number of aryl methyl sites for hydroxylation is 1. The summed E-state index contributed by atoms with van der Waals surface area (Å²) in [6.07, 6.45) is 0. The number of esters is 1. The lowest BCUT2D eigenvalue weighted by atomic mass is 10.0. The maximum Gasteiger partial charge on any atom is 0.329 e. The van der Waals surface area contributed by atoms with Gasteiger partial charge in [-0.2, -0.15) is 0 Å². The highest BCUT2D eigenvalue weighted by atomic mass is 35.5. The van der Waals surface area contributed by atoms with E-state index in [2.05, 4.69) is 5.32 Å². The van der Waals surface area contributed by atoms with Crippen LogP contribution in [-0.2, 0) is 16.1 Å². The van der Waals surface area contributed by atoms with Gasteiger partial charge in [0.25, 0.3) is 5.91 Å². The van der Waals surface area contributed by atoms with E-state index in [1.165, 1.54) is 0 Å². The minimum Gasteiger partial charge on any atom is -0.459 e. The molecule has 132 valence electrons. The summed E-state index contributed by atoms with van der Waals surface area (Å²) in [5, 5.41) is 3.41. The van der Waals surface area contributed by atoms with Gasteiger partial charge in [0.2, 0.25) is 0 Å². The van der Waals surface area contributed by atoms with E-state index in [0.717, 1.165) is 11.1 Å². The van der Waals surface area contributed by atoms with Crippen molar-refractivity contribution in [3.63, 3.8) is 0 Å². The van der Waals surface area contributed by atoms with Crippen molar-refractivity contribution in [2.45, 2.75) is 33.4 Å². The summed E-state index contributed by atoms with van der Waals surface area (Å²) in [6, 6.07) is 13.6. The second-order valence-corrected chi connectivity index (χ2v) is 6.68. The second-order valence-electron chi connectivity index (χ2n) is 6.24. The third-order valence-electron chi connectivity index (χ3n) is 3.89. The largest absolute Gasteiger partial charge is 0.459 e. The molecule has 0 aliphatic rings. The van der Waals surface area contributed by atoms with E-state index in [-0.39, 0.29) is 18.4 Å². The lowest BCUT2D eigenvalue weighted by molar-refractivity contribution is -0.148. The van der Waals surface area contributed by atoms with Gasteiger partial charge in [-0.1, -0.05) is 55.8 Å². The van der Waals surface area contributed by atoms with Crippen LogP contribution >= 0.6 is 11.6 Å². The van der Waals surface area contributed by atoms with Crippen molar-refractivity contribution in [2.75, 3.05) is 0 Å². The fourth-order valence-corrected chi connectivity index (χ4v) is 2.50. The monoisotopic (exact) mass is 359 g/mol. The van der Waals surface area contributed by atoms with Crippen LogP contribution in [0.5, 0.6) is 0 Å². The summed E-state index contributed by atoms with van der Waals surface area (Å²) in [7, 11) is 0. The summed E-state index contributed by atoms with van der Waals surface area (Å²) in [6.45, 7) is 5.73. The molecule has 0 aliphatic heterocycles. The van der Waals surface area contributed by atoms with Gasteiger partial charge < -0.3 is 10.1 Å². The van der Waals surface area contributed by atoms with Gasteiger partial charge in [-0.05, 0) is 42.2 Å². The Labute approximate surface area is 153 Å². The number of carbonyl (C=O) groups is 2. The molecule has 0 aromatic heterocycles. The third-order valence-corrected chi connectivity index (χ3v) is 4.14. The first-order valence-electron chi connectivity index (χ1n) is 8.16. The van der Waals surface area contributed by atoms with Crippen molar-refractivity contribution in [3.05, 3.63) is 70.2 Å². The molecular formula is C20H22ClNO3. The van der Waals surface area contributed by atoms with Crippen LogP contribution in [-0.4, -0.2) is 17.9 Å². The van der Waals surface area contributed by atoms with Gasteiger partial charge in [0.1, 0.15) is 12.6 Å². The molecule has 0 spiro atoms. The number of halogens is 1. The molecule has 2 aromatic carbocycles. The zero-order chi connectivity index (χ0) is 18.4. The molecule has 2 aromatic rings. The molecule has 25 heavy (non-hydrogen) atoms. The first-order valence-corrected chi connectivity index (χ1v) is 8.54. The van der Waals surface area contributed by atoms with E-state index < -0.39 is 12.0 Å². The molecule has 1 atom stereocenters. The fourth-order valence-electron chi connectivity index (χ4n) is 2.37. The molecule has 0 saturated carbocycles. The van der Waals surface area contributed by atoms with Crippen molar-refractivity contribution in [1.29, 1.82) is 0 Å². The normalized spacial score (nSPS) is 11.9. The van der Waals surface area contributed by atoms with Gasteiger partial charge >= 0.3 is 5.97 Å². The summed E-state index contributed by atoms with van der Waals surface area (Å²) in [4.78, 5) is 24.9.